The molecule has 0 radical (unpaired) electrons. The molecule has 14 heteroatoms. The van der Waals surface area contributed by atoms with Crippen molar-refractivity contribution in [3.05, 3.63) is 88.5 Å². The maximum absolute atomic E-state index is 14.7. The van der Waals surface area contributed by atoms with Crippen LogP contribution in [0.1, 0.15) is 73.5 Å². The van der Waals surface area contributed by atoms with Crippen molar-refractivity contribution in [1.29, 1.82) is 0 Å². The van der Waals surface area contributed by atoms with Crippen molar-refractivity contribution in [2.45, 2.75) is 89.3 Å². The van der Waals surface area contributed by atoms with Gasteiger partial charge < -0.3 is 35.3 Å². The minimum atomic E-state index is -3.96. The van der Waals surface area contributed by atoms with E-state index in [9.17, 15) is 31.9 Å². The summed E-state index contributed by atoms with van der Waals surface area (Å²) in [7, 11) is 0.213. The van der Waals surface area contributed by atoms with E-state index in [2.05, 4.69) is 5.32 Å². The molecule has 0 spiro atoms. The topological polar surface area (TPSA) is 157 Å². The molecular weight excluding hydrogens is 709 g/mol. The van der Waals surface area contributed by atoms with E-state index in [0.717, 1.165) is 23.8 Å². The van der Waals surface area contributed by atoms with Gasteiger partial charge in [0.15, 0.2) is 21.3 Å². The number of methoxy groups -OCH3 is 3. The quantitative estimate of drug-likeness (QED) is 0.136. The lowest BCUT2D eigenvalue weighted by atomic mass is 10.0. The largest absolute Gasteiger partial charge is 0.493 e. The van der Waals surface area contributed by atoms with E-state index in [4.69, 9.17) is 19.9 Å². The predicted molar refractivity (Wildman–Crippen MR) is 200 cm³/mol. The fourth-order valence-electron chi connectivity index (χ4n) is 6.26. The average molecular weight is 762 g/mol. The lowest BCUT2D eigenvalue weighted by molar-refractivity contribution is -0.135. The van der Waals surface area contributed by atoms with Crippen LogP contribution in [0.3, 0.4) is 0 Å². The van der Waals surface area contributed by atoms with E-state index < -0.39 is 62.5 Å². The number of sulfone groups is 1. The molecule has 0 aromatic heterocycles. The first kappa shape index (κ1) is 43.1. The van der Waals surface area contributed by atoms with Gasteiger partial charge in [-0.25, -0.2) is 17.2 Å². The number of ether oxygens (including phenoxy) is 3. The van der Waals surface area contributed by atoms with Crippen LogP contribution in [-0.4, -0.2) is 87.3 Å². The summed E-state index contributed by atoms with van der Waals surface area (Å²) < 4.78 is 72.0. The van der Waals surface area contributed by atoms with Gasteiger partial charge in [0.2, 0.25) is 11.7 Å². The summed E-state index contributed by atoms with van der Waals surface area (Å²) in [4.78, 5) is 29.8. The first-order valence-electron chi connectivity index (χ1n) is 17.8. The van der Waals surface area contributed by atoms with Crippen LogP contribution in [0.15, 0.2) is 54.6 Å². The van der Waals surface area contributed by atoms with Crippen molar-refractivity contribution in [3.8, 4) is 17.2 Å². The number of rotatable bonds is 21. The first-order chi connectivity index (χ1) is 25.2. The summed E-state index contributed by atoms with van der Waals surface area (Å²) in [6.07, 6.45) is 1.13. The smallest absolute Gasteiger partial charge is 0.252 e. The molecule has 0 heterocycles. The first-order valence-corrected chi connectivity index (χ1v) is 19.5. The van der Waals surface area contributed by atoms with E-state index in [1.165, 1.54) is 38.4 Å². The van der Waals surface area contributed by atoms with Gasteiger partial charge in [0.05, 0.1) is 38.4 Å². The Morgan fingerprint density at radius 3 is 1.98 bits per heavy atom. The zero-order valence-corrected chi connectivity index (χ0v) is 32.2. The SMILES string of the molecule is CCCC(CCC)S(=O)(=O)CC(NC(=O)c1cc(OC)c(OC)c(OC)c1)C(=O)N(Cc1cccc(CC)c1)C[C@@H](O)[C@@H](N)Cc1cc(F)cc(F)c1. The Morgan fingerprint density at radius 1 is 0.868 bits per heavy atom. The Hall–Kier alpha value is -4.27. The van der Waals surface area contributed by atoms with E-state index in [-0.39, 0.29) is 47.9 Å². The summed E-state index contributed by atoms with van der Waals surface area (Å²) >= 11 is 0. The molecule has 0 fully saturated rings. The highest BCUT2D eigenvalue weighted by atomic mass is 32.2. The monoisotopic (exact) mass is 761 g/mol. The van der Waals surface area contributed by atoms with Crippen molar-refractivity contribution >= 4 is 21.7 Å². The van der Waals surface area contributed by atoms with Crippen LogP contribution < -0.4 is 25.3 Å². The Morgan fingerprint density at radius 2 is 1.45 bits per heavy atom. The second-order valence-electron chi connectivity index (χ2n) is 13.1. The number of carbonyl (C=O) groups is 2. The number of nitrogens with two attached hydrogens (primary N) is 1. The van der Waals surface area contributed by atoms with Crippen LogP contribution >= 0.6 is 0 Å². The van der Waals surface area contributed by atoms with Crippen LogP contribution in [0.2, 0.25) is 0 Å². The predicted octanol–water partition coefficient (Wildman–Crippen LogP) is 4.99. The molecule has 53 heavy (non-hydrogen) atoms. The van der Waals surface area contributed by atoms with Gasteiger partial charge >= 0.3 is 0 Å². The molecule has 2 amide bonds. The van der Waals surface area contributed by atoms with Gasteiger partial charge in [-0.05, 0) is 66.6 Å². The minimum Gasteiger partial charge on any atom is -0.493 e. The van der Waals surface area contributed by atoms with Gasteiger partial charge in [0, 0.05) is 30.8 Å². The zero-order valence-electron chi connectivity index (χ0n) is 31.4. The molecule has 3 aromatic carbocycles. The highest BCUT2D eigenvalue weighted by Gasteiger charge is 2.36. The summed E-state index contributed by atoms with van der Waals surface area (Å²) in [5, 5.41) is 13.2. The highest BCUT2D eigenvalue weighted by molar-refractivity contribution is 7.92. The summed E-state index contributed by atoms with van der Waals surface area (Å²) in [5.74, 6) is -3.28. The van der Waals surface area contributed by atoms with E-state index in [1.54, 1.807) is 6.07 Å². The third-order valence-corrected chi connectivity index (χ3v) is 11.3. The molecule has 3 rings (SSSR count). The van der Waals surface area contributed by atoms with Crippen LogP contribution in [0, 0.1) is 11.6 Å². The van der Waals surface area contributed by atoms with Crippen molar-refractivity contribution in [2.75, 3.05) is 33.6 Å². The summed E-state index contributed by atoms with van der Waals surface area (Å²) in [6.45, 7) is 5.29. The number of nitrogens with one attached hydrogen (secondary N) is 1. The third-order valence-electron chi connectivity index (χ3n) is 9.04. The Bertz CT molecular complexity index is 1740. The van der Waals surface area contributed by atoms with Gasteiger partial charge in [-0.1, -0.05) is 57.9 Å². The molecule has 4 N–H and O–H groups in total. The van der Waals surface area contributed by atoms with Crippen molar-refractivity contribution < 1.29 is 46.1 Å². The maximum Gasteiger partial charge on any atom is 0.252 e. The van der Waals surface area contributed by atoms with Crippen LogP contribution in [-0.2, 0) is 34.0 Å². The van der Waals surface area contributed by atoms with Crippen LogP contribution in [0.25, 0.3) is 0 Å². The number of hydrogen-bond donors (Lipinski definition) is 3. The van der Waals surface area contributed by atoms with E-state index in [1.807, 2.05) is 39.0 Å². The fraction of sp³-hybridized carbons (Fsp3) is 0.487. The molecule has 292 valence electrons. The maximum atomic E-state index is 14.7. The summed E-state index contributed by atoms with van der Waals surface area (Å²) in [6, 6.07) is 10.5. The lowest BCUT2D eigenvalue weighted by Gasteiger charge is -2.32. The van der Waals surface area contributed by atoms with Gasteiger partial charge in [-0.3, -0.25) is 9.59 Å². The highest BCUT2D eigenvalue weighted by Crippen LogP contribution is 2.38. The molecule has 0 aliphatic heterocycles. The number of hydrogen-bond acceptors (Lipinski definition) is 9. The molecule has 0 saturated carbocycles. The molecule has 0 aliphatic carbocycles. The number of halogens is 2. The molecule has 3 aromatic rings. The minimum absolute atomic E-state index is 0.0138. The van der Waals surface area contributed by atoms with Crippen LogP contribution in [0.4, 0.5) is 8.78 Å². The molecule has 0 saturated heterocycles. The second-order valence-corrected chi connectivity index (χ2v) is 15.4. The average Bonchev–Trinajstić information content (AvgIpc) is 3.12. The van der Waals surface area contributed by atoms with Crippen molar-refractivity contribution in [3.63, 3.8) is 0 Å². The number of benzene rings is 3. The Labute approximate surface area is 311 Å². The number of amides is 2. The van der Waals surface area contributed by atoms with Crippen molar-refractivity contribution in [2.24, 2.45) is 5.73 Å². The molecule has 0 bridgehead atoms. The van der Waals surface area contributed by atoms with E-state index >= 15 is 0 Å². The Balaban J connectivity index is 2.08. The van der Waals surface area contributed by atoms with E-state index in [0.29, 0.717) is 37.7 Å². The molecule has 3 atom stereocenters. The standard InChI is InChI=1S/C39H53F2N3O8S/c1-7-11-31(12-8-2)53(48,49)24-33(43-38(46)28-19-35(50-4)37(52-6)36(20-28)51-5)39(47)44(22-26-14-10-13-25(9-3)15-26)23-34(45)32(42)18-27-16-29(40)21-30(41)17-27/h10,13-17,19-21,31-34,45H,7-9,11-12,18,22-24,42H2,1-6H3,(H,43,46)/t32-,33?,34+/m0/s1. The Kier molecular flexibility index (Phi) is 16.5. The molecular formula is C39H53F2N3O8S. The van der Waals surface area contributed by atoms with Crippen molar-refractivity contribution in [1.82, 2.24) is 10.2 Å². The molecule has 0 aliphatic rings. The zero-order chi connectivity index (χ0) is 39.3. The number of nitrogens with zero attached hydrogens (tertiary/aromatic N) is 1. The normalized spacial score (nSPS) is 13.3. The van der Waals surface area contributed by atoms with Crippen LogP contribution in [0.5, 0.6) is 17.2 Å². The van der Waals surface area contributed by atoms with Gasteiger partial charge in [-0.2, -0.15) is 0 Å². The number of aryl methyl sites for hydroxylation is 1. The number of aliphatic hydroxyl groups is 1. The number of carbonyl (C=O) groups excluding carboxylic acids is 2. The second kappa shape index (κ2) is 20.3. The lowest BCUT2D eigenvalue weighted by Crippen LogP contribution is -2.55. The third kappa shape index (κ3) is 12.1. The van der Waals surface area contributed by atoms with Gasteiger partial charge in [-0.15, -0.1) is 0 Å². The summed E-state index contributed by atoms with van der Waals surface area (Å²) in [5.41, 5.74) is 8.22. The number of aliphatic hydroxyl groups excluding tert-OH is 1. The molecule has 11 nitrogen and oxygen atoms in total. The van der Waals surface area contributed by atoms with Gasteiger partial charge in [0.1, 0.15) is 17.7 Å². The van der Waals surface area contributed by atoms with Gasteiger partial charge in [0.25, 0.3) is 5.91 Å². The molecule has 1 unspecified atom stereocenters. The fourth-order valence-corrected chi connectivity index (χ4v) is 8.42.